The monoisotopic (exact) mass is 387 g/mol. The van der Waals surface area contributed by atoms with E-state index in [-0.39, 0.29) is 5.56 Å². The van der Waals surface area contributed by atoms with Crippen LogP contribution in [0.5, 0.6) is 5.75 Å². The maximum Gasteiger partial charge on any atom is 0.316 e. The fraction of sp³-hybridized carbons (Fsp3) is 0.381. The van der Waals surface area contributed by atoms with Gasteiger partial charge in [-0.25, -0.2) is 13.9 Å². The fourth-order valence-electron chi connectivity index (χ4n) is 3.88. The van der Waals surface area contributed by atoms with Gasteiger partial charge in [0.1, 0.15) is 17.3 Å². The van der Waals surface area contributed by atoms with Gasteiger partial charge in [-0.2, -0.15) is 0 Å². The van der Waals surface area contributed by atoms with Crippen molar-refractivity contribution in [3.63, 3.8) is 0 Å². The van der Waals surface area contributed by atoms with E-state index >= 15 is 0 Å². The molecule has 0 aromatic heterocycles. The summed E-state index contributed by atoms with van der Waals surface area (Å²) in [5.41, 5.74) is 2.24. The van der Waals surface area contributed by atoms with Crippen LogP contribution in [-0.2, 0) is 5.72 Å². The van der Waals surface area contributed by atoms with E-state index in [0.717, 1.165) is 34.2 Å². The van der Waals surface area contributed by atoms with Crippen LogP contribution in [-0.4, -0.2) is 40.8 Å². The third-order valence-electron chi connectivity index (χ3n) is 5.31. The average molecular weight is 388 g/mol. The Morgan fingerprint density at radius 1 is 1.22 bits per heavy atom. The van der Waals surface area contributed by atoms with Crippen LogP contribution in [0.25, 0.3) is 0 Å². The van der Waals surface area contributed by atoms with Crippen LogP contribution in [0.15, 0.2) is 36.4 Å². The third-order valence-corrected chi connectivity index (χ3v) is 6.50. The standard InChI is InChI=1S/C21H24FN2O2S/c1-14-5-6-15(2)19(11-14)23-13-21(25,24-9-4-10-27-20(23)24)17-8-7-16(26-3)12-18(17)22/h5-8,11-12,25H,4,9-10,13H2,1-3H3/q+1/t21-/m0/s1. The summed E-state index contributed by atoms with van der Waals surface area (Å²) in [5, 5.41) is 12.7. The van der Waals surface area contributed by atoms with Crippen molar-refractivity contribution in [3.05, 3.63) is 58.9 Å². The molecule has 0 saturated heterocycles. The summed E-state index contributed by atoms with van der Waals surface area (Å²) < 4.78 is 21.9. The molecule has 4 nitrogen and oxygen atoms in total. The van der Waals surface area contributed by atoms with Crippen molar-refractivity contribution >= 4 is 22.6 Å². The van der Waals surface area contributed by atoms with Crippen molar-refractivity contribution in [2.75, 3.05) is 30.9 Å². The molecule has 2 aliphatic rings. The lowest BCUT2D eigenvalue weighted by molar-refractivity contribution is -0.657. The number of halogens is 1. The number of benzene rings is 2. The van der Waals surface area contributed by atoms with E-state index in [1.807, 2.05) is 4.58 Å². The summed E-state index contributed by atoms with van der Waals surface area (Å²) in [6, 6.07) is 11.0. The molecule has 6 heteroatoms. The summed E-state index contributed by atoms with van der Waals surface area (Å²) in [4.78, 5) is 2.13. The van der Waals surface area contributed by atoms with Crippen LogP contribution in [0.2, 0.25) is 0 Å². The Balaban J connectivity index is 1.84. The maximum atomic E-state index is 14.9. The van der Waals surface area contributed by atoms with Gasteiger partial charge < -0.3 is 9.84 Å². The lowest BCUT2D eigenvalue weighted by Gasteiger charge is -2.24. The van der Waals surface area contributed by atoms with Gasteiger partial charge in [-0.15, -0.1) is 0 Å². The molecular weight excluding hydrogens is 363 g/mol. The summed E-state index contributed by atoms with van der Waals surface area (Å²) >= 11 is 1.72. The highest BCUT2D eigenvalue weighted by atomic mass is 32.2. The molecule has 0 unspecified atom stereocenters. The molecule has 2 heterocycles. The lowest BCUT2D eigenvalue weighted by atomic mass is 10.0. The van der Waals surface area contributed by atoms with Gasteiger partial charge >= 0.3 is 5.17 Å². The zero-order valence-corrected chi connectivity index (χ0v) is 16.6. The Morgan fingerprint density at radius 3 is 2.78 bits per heavy atom. The van der Waals surface area contributed by atoms with Gasteiger partial charge in [0, 0.05) is 11.8 Å². The predicted molar refractivity (Wildman–Crippen MR) is 107 cm³/mol. The quantitative estimate of drug-likeness (QED) is 0.816. The van der Waals surface area contributed by atoms with E-state index in [4.69, 9.17) is 4.74 Å². The van der Waals surface area contributed by atoms with Crippen LogP contribution in [0.3, 0.4) is 0 Å². The molecule has 0 saturated carbocycles. The molecule has 0 spiro atoms. The second-order valence-corrected chi connectivity index (χ2v) is 8.24. The van der Waals surface area contributed by atoms with Gasteiger partial charge in [0.05, 0.1) is 19.2 Å². The Labute approximate surface area is 163 Å². The van der Waals surface area contributed by atoms with Gasteiger partial charge in [-0.1, -0.05) is 12.1 Å². The molecule has 4 rings (SSSR count). The molecule has 0 amide bonds. The molecular formula is C21H24FN2O2S+. The Morgan fingerprint density at radius 2 is 2.04 bits per heavy atom. The van der Waals surface area contributed by atoms with Crippen LogP contribution < -0.4 is 9.64 Å². The average Bonchev–Trinajstić information content (AvgIpc) is 2.97. The van der Waals surface area contributed by atoms with Crippen molar-refractivity contribution in [1.82, 2.24) is 0 Å². The highest BCUT2D eigenvalue weighted by Gasteiger charge is 2.54. The van der Waals surface area contributed by atoms with Gasteiger partial charge in [-0.05, 0) is 61.4 Å². The third kappa shape index (κ3) is 3.01. The molecule has 2 aromatic carbocycles. The minimum atomic E-state index is -1.41. The number of aryl methyl sites for hydroxylation is 2. The van der Waals surface area contributed by atoms with Crippen molar-refractivity contribution in [3.8, 4) is 5.75 Å². The van der Waals surface area contributed by atoms with Gasteiger partial charge in [0.2, 0.25) is 0 Å². The van der Waals surface area contributed by atoms with Gasteiger partial charge in [0.25, 0.3) is 5.72 Å². The molecule has 1 atom stereocenters. The number of β-amino-alcohol motifs (C(OH)–C–C–N with tert-alkyl or cyclic N) is 1. The summed E-state index contributed by atoms with van der Waals surface area (Å²) in [7, 11) is 1.51. The molecule has 1 N–H and O–H groups in total. The first-order valence-electron chi connectivity index (χ1n) is 9.12. The van der Waals surface area contributed by atoms with E-state index in [2.05, 4.69) is 36.9 Å². The number of hydrogen-bond acceptors (Lipinski definition) is 4. The van der Waals surface area contributed by atoms with E-state index < -0.39 is 11.5 Å². The first kappa shape index (κ1) is 18.3. The predicted octanol–water partition coefficient (Wildman–Crippen LogP) is 3.62. The number of methoxy groups -OCH3 is 1. The zero-order valence-electron chi connectivity index (χ0n) is 15.8. The van der Waals surface area contributed by atoms with E-state index in [0.29, 0.717) is 18.8 Å². The van der Waals surface area contributed by atoms with E-state index in [9.17, 15) is 9.50 Å². The molecule has 27 heavy (non-hydrogen) atoms. The molecule has 2 aliphatic heterocycles. The number of aliphatic hydroxyl groups is 1. The number of hydrogen-bond donors (Lipinski definition) is 1. The van der Waals surface area contributed by atoms with Gasteiger partial charge in [-0.3, -0.25) is 0 Å². The maximum absolute atomic E-state index is 14.9. The topological polar surface area (TPSA) is 35.7 Å². The summed E-state index contributed by atoms with van der Waals surface area (Å²) in [6.07, 6.45) is 0.953. The number of anilines is 1. The largest absolute Gasteiger partial charge is 0.497 e. The second-order valence-electron chi connectivity index (χ2n) is 7.17. The van der Waals surface area contributed by atoms with E-state index in [1.54, 1.807) is 23.9 Å². The highest BCUT2D eigenvalue weighted by Crippen LogP contribution is 2.40. The number of nitrogens with zero attached hydrogens (tertiary/aromatic N) is 2. The van der Waals surface area contributed by atoms with Crippen molar-refractivity contribution in [2.45, 2.75) is 26.0 Å². The van der Waals surface area contributed by atoms with Crippen molar-refractivity contribution < 1.29 is 18.8 Å². The number of ether oxygens (including phenoxy) is 1. The van der Waals surface area contributed by atoms with Crippen LogP contribution >= 0.6 is 11.8 Å². The Kier molecular flexibility index (Phi) is 4.64. The molecule has 0 fully saturated rings. The minimum Gasteiger partial charge on any atom is -0.497 e. The Bertz CT molecular complexity index is 930. The van der Waals surface area contributed by atoms with Crippen LogP contribution in [0, 0.1) is 19.7 Å². The minimum absolute atomic E-state index is 0.288. The summed E-state index contributed by atoms with van der Waals surface area (Å²) in [6.45, 7) is 5.12. The van der Waals surface area contributed by atoms with Crippen LogP contribution in [0.1, 0.15) is 23.1 Å². The highest BCUT2D eigenvalue weighted by molar-refractivity contribution is 8.13. The Hall–Kier alpha value is -2.05. The smallest absolute Gasteiger partial charge is 0.316 e. The first-order valence-corrected chi connectivity index (χ1v) is 10.1. The van der Waals surface area contributed by atoms with E-state index in [1.165, 1.54) is 13.2 Å². The zero-order chi connectivity index (χ0) is 19.2. The number of thioether (sulfide) groups is 1. The van der Waals surface area contributed by atoms with Crippen molar-refractivity contribution in [2.24, 2.45) is 0 Å². The molecule has 2 aromatic rings. The second kappa shape index (κ2) is 6.84. The molecule has 142 valence electrons. The van der Waals surface area contributed by atoms with Gasteiger partial charge in [0.15, 0.2) is 6.54 Å². The summed E-state index contributed by atoms with van der Waals surface area (Å²) in [5.74, 6) is 0.991. The molecule has 0 aliphatic carbocycles. The van der Waals surface area contributed by atoms with Crippen molar-refractivity contribution in [1.29, 1.82) is 0 Å². The SMILES string of the molecule is COc1ccc([C@@]2(O)CN(c3cc(C)ccc3C)C3=[N+]2CCCS3)c(F)c1. The molecule has 0 radical (unpaired) electrons. The number of rotatable bonds is 3. The number of amidine groups is 1. The first-order chi connectivity index (χ1) is 12.9. The normalized spacial score (nSPS) is 22.2. The van der Waals surface area contributed by atoms with Crippen LogP contribution in [0.4, 0.5) is 10.1 Å². The fourth-order valence-corrected chi connectivity index (χ4v) is 5.05. The lowest BCUT2D eigenvalue weighted by Crippen LogP contribution is -2.42. The molecule has 0 bridgehead atoms.